The normalized spacial score (nSPS) is 17.7. The molecule has 0 aromatic heterocycles. The topological polar surface area (TPSA) is 99.1 Å². The van der Waals surface area contributed by atoms with E-state index in [-0.39, 0.29) is 17.0 Å². The van der Waals surface area contributed by atoms with Gasteiger partial charge in [-0.15, -0.1) is 0 Å². The number of anilines is 1. The highest BCUT2D eigenvalue weighted by Crippen LogP contribution is 2.44. The van der Waals surface area contributed by atoms with Crippen LogP contribution in [0.3, 0.4) is 0 Å². The average Bonchev–Trinajstić information content (AvgIpc) is 2.98. The zero-order chi connectivity index (χ0) is 29.0. The zero-order valence-corrected chi connectivity index (χ0v) is 20.6. The number of amides is 2. The number of nitrogens with one attached hydrogen (secondary N) is 1. The molecule has 0 bridgehead atoms. The molecule has 0 fully saturated rings. The molecule has 0 saturated carbocycles. The molecule has 1 unspecified atom stereocenters. The molecule has 1 aliphatic rings. The summed E-state index contributed by atoms with van der Waals surface area (Å²) in [7, 11) is 0. The van der Waals surface area contributed by atoms with Crippen molar-refractivity contribution in [2.24, 2.45) is 0 Å². The van der Waals surface area contributed by atoms with E-state index in [1.54, 1.807) is 0 Å². The number of hydrogen-bond acceptors (Lipinski definition) is 5. The van der Waals surface area contributed by atoms with Crippen LogP contribution in [0.15, 0.2) is 48.5 Å². The highest BCUT2D eigenvalue weighted by atomic mass is 19.4. The Balaban J connectivity index is 2.04. The van der Waals surface area contributed by atoms with Crippen molar-refractivity contribution in [3.8, 4) is 5.75 Å². The molecule has 0 aliphatic carbocycles. The second kappa shape index (κ2) is 12.1. The van der Waals surface area contributed by atoms with Crippen molar-refractivity contribution in [1.29, 1.82) is 0 Å². The van der Waals surface area contributed by atoms with Crippen molar-refractivity contribution in [2.75, 3.05) is 31.2 Å². The number of alkyl halides is 6. The molecule has 0 radical (unpaired) electrons. The van der Waals surface area contributed by atoms with Crippen LogP contribution in [-0.2, 0) is 11.0 Å². The number of aliphatic hydroxyl groups is 2. The fourth-order valence-corrected chi connectivity index (χ4v) is 3.89. The molecule has 2 aromatic rings. The first-order chi connectivity index (χ1) is 18.2. The van der Waals surface area contributed by atoms with E-state index in [4.69, 9.17) is 9.84 Å². The predicted molar refractivity (Wildman–Crippen MR) is 129 cm³/mol. The van der Waals surface area contributed by atoms with E-state index in [2.05, 4.69) is 5.32 Å². The average molecular weight is 560 g/mol. The standard InChI is InChI=1S/C26H26F6N2O5/c1-15(27)14-39-17-6-7-19(21(10-17)26(30,31)32)24(38)34-9-8-25(28,29)20(18-4-2-3-5-22(18)34)11-23(37)33-12-16(36)13-35/h2-7,10-11,15-16,35-36H,8-9,12-14H2,1H3,(H,33,37)/b20-11-/t15-,16?/m1/s1. The van der Waals surface area contributed by atoms with Gasteiger partial charge in [0, 0.05) is 36.7 Å². The highest BCUT2D eigenvalue weighted by molar-refractivity contribution is 6.10. The number of halogens is 6. The van der Waals surface area contributed by atoms with Crippen LogP contribution in [-0.4, -0.2) is 66.5 Å². The van der Waals surface area contributed by atoms with Gasteiger partial charge >= 0.3 is 6.18 Å². The third-order valence-electron chi connectivity index (χ3n) is 5.78. The maximum Gasteiger partial charge on any atom is 0.417 e. The minimum atomic E-state index is -5.02. The SMILES string of the molecule is C[C@@H](F)COc1ccc(C(=O)N2CCC(F)(F)/C(=C\C(=O)NCC(O)CO)c3ccccc32)c(C(F)(F)F)c1. The summed E-state index contributed by atoms with van der Waals surface area (Å²) >= 11 is 0. The summed E-state index contributed by atoms with van der Waals surface area (Å²) in [6, 6.07) is 7.68. The Labute approximate surface area is 219 Å². The summed E-state index contributed by atoms with van der Waals surface area (Å²) in [6.07, 6.45) is -8.22. The first-order valence-electron chi connectivity index (χ1n) is 11.8. The summed E-state index contributed by atoms with van der Waals surface area (Å²) in [5, 5.41) is 20.4. The Morgan fingerprint density at radius 3 is 2.54 bits per heavy atom. The quantitative estimate of drug-likeness (QED) is 0.335. The number of aliphatic hydroxyl groups excluding tert-OH is 2. The van der Waals surface area contributed by atoms with Crippen LogP contribution in [0.4, 0.5) is 32.0 Å². The maximum atomic E-state index is 15.2. The van der Waals surface area contributed by atoms with Gasteiger partial charge in [0.25, 0.3) is 11.8 Å². The second-order valence-corrected chi connectivity index (χ2v) is 8.86. The Bertz CT molecular complexity index is 1230. The molecule has 212 valence electrons. The Morgan fingerprint density at radius 2 is 1.90 bits per heavy atom. The number of para-hydroxylation sites is 1. The van der Waals surface area contributed by atoms with Crippen LogP contribution in [0.5, 0.6) is 5.75 Å². The van der Waals surface area contributed by atoms with Gasteiger partial charge in [-0.2, -0.15) is 13.2 Å². The van der Waals surface area contributed by atoms with E-state index in [9.17, 15) is 32.3 Å². The summed E-state index contributed by atoms with van der Waals surface area (Å²) in [5.41, 5.74) is -3.39. The molecule has 0 saturated heterocycles. The van der Waals surface area contributed by atoms with Crippen LogP contribution >= 0.6 is 0 Å². The van der Waals surface area contributed by atoms with E-state index >= 15 is 8.78 Å². The monoisotopic (exact) mass is 560 g/mol. The Kier molecular flexibility index (Phi) is 9.28. The number of allylic oxidation sites excluding steroid dienone is 1. The lowest BCUT2D eigenvalue weighted by atomic mass is 9.97. The van der Waals surface area contributed by atoms with E-state index < -0.39 is 85.6 Å². The molecule has 3 N–H and O–H groups in total. The van der Waals surface area contributed by atoms with Gasteiger partial charge in [0.15, 0.2) is 0 Å². The Hall–Kier alpha value is -3.58. The zero-order valence-electron chi connectivity index (χ0n) is 20.6. The molecule has 2 amide bonds. The van der Waals surface area contributed by atoms with Crippen molar-refractivity contribution in [3.05, 3.63) is 65.2 Å². The van der Waals surface area contributed by atoms with Gasteiger partial charge in [-0.25, -0.2) is 13.2 Å². The first kappa shape index (κ1) is 30.0. The number of carbonyl (C=O) groups excluding carboxylic acids is 2. The lowest BCUT2D eigenvalue weighted by Gasteiger charge is -2.24. The highest BCUT2D eigenvalue weighted by Gasteiger charge is 2.43. The number of fused-ring (bicyclic) bond motifs is 1. The van der Waals surface area contributed by atoms with Crippen molar-refractivity contribution < 1.29 is 50.9 Å². The van der Waals surface area contributed by atoms with Crippen LogP contribution in [0.1, 0.15) is 34.8 Å². The molecule has 7 nitrogen and oxygen atoms in total. The summed E-state index contributed by atoms with van der Waals surface area (Å²) < 4.78 is 90.3. The number of benzene rings is 2. The van der Waals surface area contributed by atoms with Gasteiger partial charge in [-0.05, 0) is 31.2 Å². The van der Waals surface area contributed by atoms with Crippen molar-refractivity contribution in [3.63, 3.8) is 0 Å². The summed E-state index contributed by atoms with van der Waals surface area (Å²) in [6.45, 7) is -1.13. The fourth-order valence-electron chi connectivity index (χ4n) is 3.89. The molecule has 1 heterocycles. The van der Waals surface area contributed by atoms with Crippen molar-refractivity contribution in [1.82, 2.24) is 5.32 Å². The van der Waals surface area contributed by atoms with Crippen LogP contribution in [0.25, 0.3) is 5.57 Å². The minimum absolute atomic E-state index is 0.145. The molecule has 13 heteroatoms. The van der Waals surface area contributed by atoms with E-state index in [0.29, 0.717) is 12.1 Å². The van der Waals surface area contributed by atoms with Gasteiger partial charge in [0.1, 0.15) is 18.5 Å². The molecule has 3 rings (SSSR count). The molecule has 2 aromatic carbocycles. The maximum absolute atomic E-state index is 15.2. The Morgan fingerprint density at radius 1 is 1.21 bits per heavy atom. The lowest BCUT2D eigenvalue weighted by molar-refractivity contribution is -0.138. The number of hydrogen-bond donors (Lipinski definition) is 3. The van der Waals surface area contributed by atoms with Crippen molar-refractivity contribution >= 4 is 23.1 Å². The fraction of sp³-hybridized carbons (Fsp3) is 0.385. The van der Waals surface area contributed by atoms with Crippen molar-refractivity contribution in [2.45, 2.75) is 37.7 Å². The molecule has 1 aliphatic heterocycles. The van der Waals surface area contributed by atoms with Gasteiger partial charge in [0.2, 0.25) is 5.91 Å². The molecule has 39 heavy (non-hydrogen) atoms. The smallest absolute Gasteiger partial charge is 0.417 e. The van der Waals surface area contributed by atoms with E-state index in [1.807, 2.05) is 0 Å². The minimum Gasteiger partial charge on any atom is -0.491 e. The second-order valence-electron chi connectivity index (χ2n) is 8.86. The number of ether oxygens (including phenoxy) is 1. The van der Waals surface area contributed by atoms with Crippen LogP contribution < -0.4 is 15.0 Å². The van der Waals surface area contributed by atoms with Gasteiger partial charge < -0.3 is 25.2 Å². The largest absolute Gasteiger partial charge is 0.491 e. The molecular weight excluding hydrogens is 534 g/mol. The molecule has 0 spiro atoms. The first-order valence-corrected chi connectivity index (χ1v) is 11.8. The van der Waals surface area contributed by atoms with Crippen LogP contribution in [0, 0.1) is 0 Å². The predicted octanol–water partition coefficient (Wildman–Crippen LogP) is 3.98. The van der Waals surface area contributed by atoms with Crippen LogP contribution in [0.2, 0.25) is 0 Å². The van der Waals surface area contributed by atoms with Gasteiger partial charge in [-0.3, -0.25) is 9.59 Å². The molecular formula is C26H26F6N2O5. The molecule has 2 atom stereocenters. The lowest BCUT2D eigenvalue weighted by Crippen LogP contribution is -2.34. The third kappa shape index (κ3) is 7.30. The van der Waals surface area contributed by atoms with E-state index in [1.165, 1.54) is 24.3 Å². The number of nitrogens with zero attached hydrogens (tertiary/aromatic N) is 1. The number of carbonyl (C=O) groups is 2. The summed E-state index contributed by atoms with van der Waals surface area (Å²) in [4.78, 5) is 26.5. The van der Waals surface area contributed by atoms with Gasteiger partial charge in [-0.1, -0.05) is 18.2 Å². The third-order valence-corrected chi connectivity index (χ3v) is 5.78. The summed E-state index contributed by atoms with van der Waals surface area (Å²) in [5.74, 6) is -6.21. The van der Waals surface area contributed by atoms with Gasteiger partial charge in [0.05, 0.1) is 29.5 Å². The van der Waals surface area contributed by atoms with E-state index in [0.717, 1.165) is 24.0 Å². The number of rotatable bonds is 8.